The van der Waals surface area contributed by atoms with E-state index >= 15 is 0 Å². The maximum absolute atomic E-state index is 12.7. The molecule has 2 aromatic rings. The van der Waals surface area contributed by atoms with E-state index in [-0.39, 0.29) is 12.4 Å². The molecule has 12 heteroatoms. The van der Waals surface area contributed by atoms with Gasteiger partial charge in [-0.2, -0.15) is 0 Å². The van der Waals surface area contributed by atoms with E-state index in [0.29, 0.717) is 34.9 Å². The standard InChI is InChI=1S/C28H32O12/c1-13-10-20-23(18-8-6-7-9-19(18)27(33)38-20)21(11-13)39-28-26(37-17(5)32)25(36-16(4)31)24(35-15(3)30)22(40-28)12-34-14(2)29/h10-11,22,24-26,28H,6-9,12H2,1-5H3/t22-,24+,25+,26-,28-/m1/s1. The molecule has 0 spiro atoms. The van der Waals surface area contributed by atoms with Crippen LogP contribution in [0.25, 0.3) is 11.0 Å². The van der Waals surface area contributed by atoms with E-state index < -0.39 is 60.2 Å². The molecule has 1 aliphatic heterocycles. The molecule has 2 heterocycles. The molecule has 1 aromatic carbocycles. The number of hydrogen-bond donors (Lipinski definition) is 0. The molecule has 0 bridgehead atoms. The quantitative estimate of drug-likeness (QED) is 0.278. The predicted molar refractivity (Wildman–Crippen MR) is 136 cm³/mol. The van der Waals surface area contributed by atoms with Crippen LogP contribution in [-0.4, -0.2) is 61.2 Å². The molecule has 216 valence electrons. The van der Waals surface area contributed by atoms with Crippen LogP contribution in [0.3, 0.4) is 0 Å². The third kappa shape index (κ3) is 6.44. The minimum absolute atomic E-state index is 0.290. The van der Waals surface area contributed by atoms with E-state index in [9.17, 15) is 24.0 Å². The van der Waals surface area contributed by atoms with Crippen molar-refractivity contribution in [3.63, 3.8) is 0 Å². The van der Waals surface area contributed by atoms with Gasteiger partial charge in [-0.3, -0.25) is 19.2 Å². The lowest BCUT2D eigenvalue weighted by molar-refractivity contribution is -0.288. The fourth-order valence-electron chi connectivity index (χ4n) is 5.17. The SMILES string of the molecule is CC(=O)OC[C@H]1O[C@@H](Oc2cc(C)cc3oc(=O)c4c(c23)CCCC4)[C@H](OC(C)=O)[C@@H](OC(C)=O)[C@H]1OC(C)=O. The van der Waals surface area contributed by atoms with Crippen LogP contribution >= 0.6 is 0 Å². The molecule has 40 heavy (non-hydrogen) atoms. The summed E-state index contributed by atoms with van der Waals surface area (Å²) in [5, 5.41) is 0.577. The zero-order valence-electron chi connectivity index (χ0n) is 23.0. The van der Waals surface area contributed by atoms with Gasteiger partial charge >= 0.3 is 29.5 Å². The van der Waals surface area contributed by atoms with Gasteiger partial charge in [-0.1, -0.05) is 0 Å². The van der Waals surface area contributed by atoms with Crippen LogP contribution in [0, 0.1) is 6.92 Å². The summed E-state index contributed by atoms with van der Waals surface area (Å²) in [6.07, 6.45) is -3.69. The second-order valence-electron chi connectivity index (χ2n) is 9.88. The van der Waals surface area contributed by atoms with E-state index in [1.165, 1.54) is 6.92 Å². The molecule has 4 rings (SSSR count). The van der Waals surface area contributed by atoms with Crippen molar-refractivity contribution in [2.45, 2.75) is 91.0 Å². The van der Waals surface area contributed by atoms with E-state index in [1.807, 2.05) is 0 Å². The second-order valence-corrected chi connectivity index (χ2v) is 9.88. The Bertz CT molecular complexity index is 1380. The Morgan fingerprint density at radius 3 is 2.05 bits per heavy atom. The highest BCUT2D eigenvalue weighted by molar-refractivity contribution is 5.88. The molecule has 12 nitrogen and oxygen atoms in total. The highest BCUT2D eigenvalue weighted by Crippen LogP contribution is 2.37. The van der Waals surface area contributed by atoms with Crippen molar-refractivity contribution in [1.82, 2.24) is 0 Å². The zero-order chi connectivity index (χ0) is 29.1. The van der Waals surface area contributed by atoms with Crippen molar-refractivity contribution >= 4 is 34.8 Å². The number of carbonyl (C=O) groups is 4. The second kappa shape index (κ2) is 12.1. The Morgan fingerprint density at radius 2 is 1.43 bits per heavy atom. The van der Waals surface area contributed by atoms with Gasteiger partial charge in [0.2, 0.25) is 12.4 Å². The maximum atomic E-state index is 12.7. The number of ether oxygens (including phenoxy) is 6. The highest BCUT2D eigenvalue weighted by atomic mass is 16.7. The van der Waals surface area contributed by atoms with Gasteiger partial charge in [-0.05, 0) is 55.9 Å². The van der Waals surface area contributed by atoms with Crippen LogP contribution in [0.1, 0.15) is 57.2 Å². The Kier molecular flexibility index (Phi) is 8.77. The van der Waals surface area contributed by atoms with Gasteiger partial charge in [0.05, 0.1) is 5.39 Å². The highest BCUT2D eigenvalue weighted by Gasteiger charge is 2.53. The molecule has 0 unspecified atom stereocenters. The largest absolute Gasteiger partial charge is 0.463 e. The summed E-state index contributed by atoms with van der Waals surface area (Å²) in [6, 6.07) is 3.46. The van der Waals surface area contributed by atoms with Crippen LogP contribution < -0.4 is 10.4 Å². The van der Waals surface area contributed by atoms with Crippen LogP contribution in [-0.2, 0) is 55.7 Å². The molecule has 1 fully saturated rings. The molecule has 0 radical (unpaired) electrons. The van der Waals surface area contributed by atoms with Crippen molar-refractivity contribution in [1.29, 1.82) is 0 Å². The monoisotopic (exact) mass is 560 g/mol. The number of aryl methyl sites for hydroxylation is 2. The van der Waals surface area contributed by atoms with Crippen LogP contribution in [0.5, 0.6) is 5.75 Å². The normalized spacial score (nSPS) is 24.0. The first-order valence-corrected chi connectivity index (χ1v) is 13.0. The van der Waals surface area contributed by atoms with Crippen molar-refractivity contribution < 1.29 is 52.0 Å². The van der Waals surface area contributed by atoms with E-state index in [1.54, 1.807) is 19.1 Å². The van der Waals surface area contributed by atoms with Gasteiger partial charge in [-0.25, -0.2) is 4.79 Å². The summed E-state index contributed by atoms with van der Waals surface area (Å²) in [5.74, 6) is -2.55. The molecule has 5 atom stereocenters. The number of hydrogen-bond acceptors (Lipinski definition) is 12. The number of benzene rings is 1. The molecule has 0 amide bonds. The minimum Gasteiger partial charge on any atom is -0.463 e. The third-order valence-corrected chi connectivity index (χ3v) is 6.62. The van der Waals surface area contributed by atoms with E-state index in [4.69, 9.17) is 32.8 Å². The lowest BCUT2D eigenvalue weighted by atomic mass is 9.90. The minimum atomic E-state index is -1.41. The van der Waals surface area contributed by atoms with Gasteiger partial charge in [0.15, 0.2) is 12.2 Å². The fraction of sp³-hybridized carbons (Fsp3) is 0.536. The fourth-order valence-corrected chi connectivity index (χ4v) is 5.17. The Morgan fingerprint density at radius 1 is 0.825 bits per heavy atom. The summed E-state index contributed by atoms with van der Waals surface area (Å²) in [7, 11) is 0. The first kappa shape index (κ1) is 29.1. The van der Waals surface area contributed by atoms with E-state index in [0.717, 1.165) is 39.2 Å². The summed E-state index contributed by atoms with van der Waals surface area (Å²) < 4.78 is 39.6. The van der Waals surface area contributed by atoms with Crippen LogP contribution in [0.2, 0.25) is 0 Å². The Hall–Kier alpha value is -3.93. The topological polar surface area (TPSA) is 154 Å². The van der Waals surface area contributed by atoms with Crippen LogP contribution in [0.15, 0.2) is 21.3 Å². The Labute approximate surface area is 229 Å². The summed E-state index contributed by atoms with van der Waals surface area (Å²) in [5.41, 5.74) is 2.02. The third-order valence-electron chi connectivity index (χ3n) is 6.62. The molecule has 1 saturated heterocycles. The number of rotatable bonds is 7. The maximum Gasteiger partial charge on any atom is 0.339 e. The van der Waals surface area contributed by atoms with Gasteiger partial charge in [0, 0.05) is 33.3 Å². The van der Waals surface area contributed by atoms with Gasteiger partial charge in [-0.15, -0.1) is 0 Å². The van der Waals surface area contributed by atoms with Gasteiger partial charge in [0.25, 0.3) is 0 Å². The molecule has 1 aromatic heterocycles. The molecular weight excluding hydrogens is 528 g/mol. The molecule has 1 aliphatic carbocycles. The number of esters is 4. The first-order chi connectivity index (χ1) is 18.9. The molecule has 0 N–H and O–H groups in total. The van der Waals surface area contributed by atoms with Gasteiger partial charge in [0.1, 0.15) is 24.0 Å². The first-order valence-electron chi connectivity index (χ1n) is 13.0. The van der Waals surface area contributed by atoms with Gasteiger partial charge < -0.3 is 32.8 Å². The zero-order valence-corrected chi connectivity index (χ0v) is 23.0. The van der Waals surface area contributed by atoms with Crippen LogP contribution in [0.4, 0.5) is 0 Å². The number of fused-ring (bicyclic) bond motifs is 3. The van der Waals surface area contributed by atoms with Crippen molar-refractivity contribution in [3.8, 4) is 5.75 Å². The number of carbonyl (C=O) groups excluding carboxylic acids is 4. The van der Waals surface area contributed by atoms with Crippen molar-refractivity contribution in [2.24, 2.45) is 0 Å². The van der Waals surface area contributed by atoms with E-state index in [2.05, 4.69) is 0 Å². The Balaban J connectivity index is 1.83. The average Bonchev–Trinajstić information content (AvgIpc) is 2.85. The lowest BCUT2D eigenvalue weighted by Gasteiger charge is -2.44. The summed E-state index contributed by atoms with van der Waals surface area (Å²) in [4.78, 5) is 60.5. The summed E-state index contributed by atoms with van der Waals surface area (Å²) in [6.45, 7) is 6.05. The summed E-state index contributed by atoms with van der Waals surface area (Å²) >= 11 is 0. The molecular formula is C28H32O12. The molecule has 0 saturated carbocycles. The van der Waals surface area contributed by atoms with Crippen molar-refractivity contribution in [2.75, 3.05) is 6.61 Å². The smallest absolute Gasteiger partial charge is 0.339 e. The molecule has 2 aliphatic rings. The lowest BCUT2D eigenvalue weighted by Crippen LogP contribution is -2.63. The average molecular weight is 561 g/mol. The predicted octanol–water partition coefficient (Wildman–Crippen LogP) is 2.44. The van der Waals surface area contributed by atoms with Crippen molar-refractivity contribution in [3.05, 3.63) is 39.2 Å².